The van der Waals surface area contributed by atoms with Gasteiger partial charge in [0.15, 0.2) is 0 Å². The summed E-state index contributed by atoms with van der Waals surface area (Å²) >= 11 is 0. The predicted octanol–water partition coefficient (Wildman–Crippen LogP) is 5.05. The van der Waals surface area contributed by atoms with E-state index in [1.54, 1.807) is 18.2 Å². The second-order valence-corrected chi connectivity index (χ2v) is 8.98. The second-order valence-electron chi connectivity index (χ2n) is 8.98. The van der Waals surface area contributed by atoms with Gasteiger partial charge in [0, 0.05) is 23.7 Å². The van der Waals surface area contributed by atoms with Crippen molar-refractivity contribution in [2.45, 2.75) is 31.7 Å². The summed E-state index contributed by atoms with van der Waals surface area (Å²) in [6, 6.07) is 20.4. The smallest absolute Gasteiger partial charge is 0.411 e. The average molecular weight is 471 g/mol. The minimum atomic E-state index is -1.00. The van der Waals surface area contributed by atoms with E-state index >= 15 is 0 Å². The average Bonchev–Trinajstić information content (AvgIpc) is 3.47. The van der Waals surface area contributed by atoms with Gasteiger partial charge in [-0.05, 0) is 59.7 Å². The van der Waals surface area contributed by atoms with Gasteiger partial charge in [0.25, 0.3) is 5.91 Å². The number of aliphatic carboxylic acids is 1. The number of carboxylic acids is 1. The van der Waals surface area contributed by atoms with Crippen LogP contribution in [0, 0.1) is 6.92 Å². The summed E-state index contributed by atoms with van der Waals surface area (Å²) < 4.78 is 5.62. The zero-order valence-electron chi connectivity index (χ0n) is 19.4. The van der Waals surface area contributed by atoms with E-state index in [0.29, 0.717) is 30.6 Å². The second kappa shape index (κ2) is 9.25. The fourth-order valence-electron chi connectivity index (χ4n) is 5.07. The van der Waals surface area contributed by atoms with E-state index in [2.05, 4.69) is 29.6 Å². The number of benzene rings is 3. The maximum atomic E-state index is 13.0. The van der Waals surface area contributed by atoms with E-state index in [1.165, 1.54) is 4.90 Å². The van der Waals surface area contributed by atoms with Crippen LogP contribution >= 0.6 is 0 Å². The van der Waals surface area contributed by atoms with Gasteiger partial charge < -0.3 is 14.7 Å². The molecule has 0 unspecified atom stereocenters. The lowest BCUT2D eigenvalue weighted by Gasteiger charge is -2.22. The highest BCUT2D eigenvalue weighted by Crippen LogP contribution is 2.44. The molecule has 1 heterocycles. The third kappa shape index (κ3) is 4.25. The Morgan fingerprint density at radius 1 is 1.00 bits per heavy atom. The monoisotopic (exact) mass is 470 g/mol. The highest BCUT2D eigenvalue weighted by Gasteiger charge is 2.34. The fraction of sp³-hybridized carbons (Fsp3) is 0.250. The molecule has 3 aromatic rings. The maximum Gasteiger partial charge on any atom is 0.411 e. The Morgan fingerprint density at radius 2 is 1.66 bits per heavy atom. The number of carbonyl (C=O) groups is 3. The standard InChI is InChI=1S/C28H26N2O5/c1-17-12-13-18(26(31)30-14-6-11-25(30)27(32)33)15-24(17)29-28(34)35-16-23-21-9-4-2-7-19(21)20-8-3-5-10-22(20)23/h2-5,7-10,12-13,15,23,25H,6,11,14,16H2,1H3,(H,29,34)(H,32,33)/t25-/m0/s1. The molecule has 2 N–H and O–H groups in total. The van der Waals surface area contributed by atoms with Crippen molar-refractivity contribution in [2.24, 2.45) is 0 Å². The molecule has 2 aliphatic rings. The summed E-state index contributed by atoms with van der Waals surface area (Å²) in [6.45, 7) is 2.41. The Kier molecular flexibility index (Phi) is 5.99. The van der Waals surface area contributed by atoms with Crippen molar-refractivity contribution in [3.8, 4) is 11.1 Å². The quantitative estimate of drug-likeness (QED) is 0.544. The lowest BCUT2D eigenvalue weighted by molar-refractivity contribution is -0.141. The number of aryl methyl sites for hydroxylation is 1. The molecule has 3 aromatic carbocycles. The van der Waals surface area contributed by atoms with Crippen LogP contribution in [0.25, 0.3) is 11.1 Å². The molecule has 1 fully saturated rings. The SMILES string of the molecule is Cc1ccc(C(=O)N2CCC[C@H]2C(=O)O)cc1NC(=O)OCC1c2ccccc2-c2ccccc21. The molecule has 7 heteroatoms. The van der Waals surface area contributed by atoms with Gasteiger partial charge in [-0.15, -0.1) is 0 Å². The first-order valence-electron chi connectivity index (χ1n) is 11.7. The minimum Gasteiger partial charge on any atom is -0.480 e. The predicted molar refractivity (Wildman–Crippen MR) is 132 cm³/mol. The lowest BCUT2D eigenvalue weighted by Crippen LogP contribution is -2.40. The van der Waals surface area contributed by atoms with E-state index < -0.39 is 18.1 Å². The number of amides is 2. The number of fused-ring (bicyclic) bond motifs is 3. The number of hydrogen-bond donors (Lipinski definition) is 2. The molecule has 0 aromatic heterocycles. The van der Waals surface area contributed by atoms with Crippen LogP contribution in [0.2, 0.25) is 0 Å². The number of likely N-dealkylation sites (tertiary alicyclic amines) is 1. The molecule has 0 bridgehead atoms. The first kappa shape index (κ1) is 22.7. The van der Waals surface area contributed by atoms with Crippen LogP contribution in [-0.2, 0) is 9.53 Å². The Labute approximate surface area is 203 Å². The fourth-order valence-corrected chi connectivity index (χ4v) is 5.07. The number of rotatable bonds is 5. The van der Waals surface area contributed by atoms with Crippen molar-refractivity contribution in [2.75, 3.05) is 18.5 Å². The molecule has 35 heavy (non-hydrogen) atoms. The van der Waals surface area contributed by atoms with Crippen molar-refractivity contribution < 1.29 is 24.2 Å². The van der Waals surface area contributed by atoms with Gasteiger partial charge >= 0.3 is 12.1 Å². The number of ether oxygens (including phenoxy) is 1. The van der Waals surface area contributed by atoms with Gasteiger partial charge in [-0.25, -0.2) is 9.59 Å². The topological polar surface area (TPSA) is 95.9 Å². The molecule has 5 rings (SSSR count). The molecule has 7 nitrogen and oxygen atoms in total. The third-order valence-electron chi connectivity index (χ3n) is 6.86. The largest absolute Gasteiger partial charge is 0.480 e. The van der Waals surface area contributed by atoms with E-state index in [-0.39, 0.29) is 18.4 Å². The Morgan fingerprint density at radius 3 is 2.31 bits per heavy atom. The van der Waals surface area contributed by atoms with Crippen LogP contribution in [0.4, 0.5) is 10.5 Å². The van der Waals surface area contributed by atoms with E-state index in [9.17, 15) is 19.5 Å². The van der Waals surface area contributed by atoms with Crippen molar-refractivity contribution in [3.05, 3.63) is 89.0 Å². The molecule has 0 radical (unpaired) electrons. The van der Waals surface area contributed by atoms with Crippen LogP contribution in [0.15, 0.2) is 66.7 Å². The van der Waals surface area contributed by atoms with Crippen LogP contribution in [0.5, 0.6) is 0 Å². The van der Waals surface area contributed by atoms with Gasteiger partial charge in [0.05, 0.1) is 0 Å². The molecule has 178 valence electrons. The molecule has 1 atom stereocenters. The first-order valence-corrected chi connectivity index (χ1v) is 11.7. The number of hydrogen-bond acceptors (Lipinski definition) is 4. The van der Waals surface area contributed by atoms with Gasteiger partial charge in [-0.2, -0.15) is 0 Å². The van der Waals surface area contributed by atoms with Crippen molar-refractivity contribution >= 4 is 23.7 Å². The zero-order chi connectivity index (χ0) is 24.5. The summed E-state index contributed by atoms with van der Waals surface area (Å²) in [6.07, 6.45) is 0.487. The van der Waals surface area contributed by atoms with Gasteiger partial charge in [0.1, 0.15) is 12.6 Å². The molecule has 2 amide bonds. The number of carboxylic acid groups (broad SMARTS) is 1. The van der Waals surface area contributed by atoms with Crippen molar-refractivity contribution in [1.82, 2.24) is 4.90 Å². The summed E-state index contributed by atoms with van der Waals surface area (Å²) in [5, 5.41) is 12.2. The van der Waals surface area contributed by atoms with Crippen molar-refractivity contribution in [1.29, 1.82) is 0 Å². The Hall–Kier alpha value is -4.13. The first-order chi connectivity index (χ1) is 16.9. The highest BCUT2D eigenvalue weighted by atomic mass is 16.5. The van der Waals surface area contributed by atoms with Crippen LogP contribution < -0.4 is 5.32 Å². The number of carbonyl (C=O) groups excluding carboxylic acids is 2. The molecule has 1 saturated heterocycles. The summed E-state index contributed by atoms with van der Waals surface area (Å²) in [4.78, 5) is 38.5. The lowest BCUT2D eigenvalue weighted by atomic mass is 9.98. The number of nitrogens with zero attached hydrogens (tertiary/aromatic N) is 1. The summed E-state index contributed by atoms with van der Waals surface area (Å²) in [7, 11) is 0. The molecular formula is C28H26N2O5. The Bertz CT molecular complexity index is 1270. The van der Waals surface area contributed by atoms with E-state index in [4.69, 9.17) is 4.74 Å². The van der Waals surface area contributed by atoms with E-state index in [1.807, 2.05) is 31.2 Å². The van der Waals surface area contributed by atoms with Gasteiger partial charge in [-0.3, -0.25) is 10.1 Å². The summed E-state index contributed by atoms with van der Waals surface area (Å²) in [5.41, 5.74) is 6.12. The zero-order valence-corrected chi connectivity index (χ0v) is 19.4. The minimum absolute atomic E-state index is 0.0507. The summed E-state index contributed by atoms with van der Waals surface area (Å²) in [5.74, 6) is -1.41. The molecular weight excluding hydrogens is 444 g/mol. The normalized spacial score (nSPS) is 16.5. The number of anilines is 1. The van der Waals surface area contributed by atoms with Gasteiger partial charge in [-0.1, -0.05) is 54.6 Å². The molecule has 0 saturated carbocycles. The Balaban J connectivity index is 1.29. The van der Waals surface area contributed by atoms with Gasteiger partial charge in [0.2, 0.25) is 0 Å². The molecule has 1 aliphatic heterocycles. The van der Waals surface area contributed by atoms with Crippen LogP contribution in [-0.4, -0.2) is 47.2 Å². The van der Waals surface area contributed by atoms with Crippen molar-refractivity contribution in [3.63, 3.8) is 0 Å². The molecule has 0 spiro atoms. The van der Waals surface area contributed by atoms with Crippen LogP contribution in [0.3, 0.4) is 0 Å². The third-order valence-corrected chi connectivity index (χ3v) is 6.86. The molecule has 1 aliphatic carbocycles. The maximum absolute atomic E-state index is 13.0. The highest BCUT2D eigenvalue weighted by molar-refractivity contribution is 5.99. The number of nitrogens with one attached hydrogen (secondary N) is 1. The van der Waals surface area contributed by atoms with E-state index in [0.717, 1.165) is 27.8 Å². The van der Waals surface area contributed by atoms with Crippen LogP contribution in [0.1, 0.15) is 45.8 Å².